The van der Waals surface area contributed by atoms with Crippen LogP contribution < -0.4 is 0 Å². The van der Waals surface area contributed by atoms with Gasteiger partial charge in [0.1, 0.15) is 5.76 Å². The molecule has 1 heterocycles. The van der Waals surface area contributed by atoms with Gasteiger partial charge in [-0.1, -0.05) is 87.4 Å². The Morgan fingerprint density at radius 3 is 2.24 bits per heavy atom. The van der Waals surface area contributed by atoms with Crippen molar-refractivity contribution in [2.45, 2.75) is 57.5 Å². The molecule has 1 saturated heterocycles. The maximum atomic E-state index is 13.3. The molecule has 1 saturated carbocycles. The first-order chi connectivity index (χ1) is 16.0. The number of nitrogens with zero attached hydrogens (tertiary/aromatic N) is 1. The zero-order chi connectivity index (χ0) is 23.1. The predicted molar refractivity (Wildman–Crippen MR) is 131 cm³/mol. The van der Waals surface area contributed by atoms with Crippen LogP contribution in [0, 0.1) is 0 Å². The van der Waals surface area contributed by atoms with E-state index in [0.717, 1.165) is 42.0 Å². The second-order valence-electron chi connectivity index (χ2n) is 9.53. The molecule has 33 heavy (non-hydrogen) atoms. The molecule has 5 rings (SSSR count). The van der Waals surface area contributed by atoms with E-state index in [-0.39, 0.29) is 17.4 Å². The van der Waals surface area contributed by atoms with Crippen molar-refractivity contribution in [3.63, 3.8) is 0 Å². The number of ketones is 1. The lowest BCUT2D eigenvalue weighted by atomic mass is 9.92. The number of hydrogen-bond acceptors (Lipinski definition) is 3. The number of rotatable bonds is 4. The number of aliphatic hydroxyl groups excluding tert-OH is 1. The Hall–Kier alpha value is -3.40. The number of benzene rings is 3. The van der Waals surface area contributed by atoms with Crippen LogP contribution in [0.5, 0.6) is 0 Å². The van der Waals surface area contributed by atoms with Gasteiger partial charge in [0, 0.05) is 11.6 Å². The summed E-state index contributed by atoms with van der Waals surface area (Å²) in [4.78, 5) is 28.3. The molecule has 1 aliphatic heterocycles. The van der Waals surface area contributed by atoms with Crippen molar-refractivity contribution in [3.05, 3.63) is 89.0 Å². The molecular weight excluding hydrogens is 410 g/mol. The summed E-state index contributed by atoms with van der Waals surface area (Å²) in [7, 11) is 0. The van der Waals surface area contributed by atoms with Crippen molar-refractivity contribution in [1.29, 1.82) is 0 Å². The van der Waals surface area contributed by atoms with E-state index < -0.39 is 17.7 Å². The van der Waals surface area contributed by atoms with Crippen molar-refractivity contribution >= 4 is 28.2 Å². The second kappa shape index (κ2) is 8.51. The van der Waals surface area contributed by atoms with E-state index >= 15 is 0 Å². The fourth-order valence-electron chi connectivity index (χ4n) is 5.29. The highest BCUT2D eigenvalue weighted by Crippen LogP contribution is 2.43. The van der Waals surface area contributed by atoms with Crippen LogP contribution in [0.15, 0.2) is 72.3 Å². The molecule has 0 bridgehead atoms. The average Bonchev–Trinajstić information content (AvgIpc) is 3.45. The van der Waals surface area contributed by atoms with Crippen molar-refractivity contribution in [1.82, 2.24) is 4.90 Å². The van der Waals surface area contributed by atoms with Crippen molar-refractivity contribution in [3.8, 4) is 0 Å². The number of likely N-dealkylation sites (tertiary alicyclic amines) is 1. The number of carbonyl (C=O) groups excluding carboxylic acids is 2. The topological polar surface area (TPSA) is 57.6 Å². The van der Waals surface area contributed by atoms with E-state index in [1.807, 2.05) is 54.6 Å². The summed E-state index contributed by atoms with van der Waals surface area (Å²) in [5.74, 6) is -0.803. The Kier molecular flexibility index (Phi) is 5.53. The lowest BCUT2D eigenvalue weighted by Gasteiger charge is -2.31. The van der Waals surface area contributed by atoms with E-state index in [9.17, 15) is 14.7 Å². The number of hydrogen-bond donors (Lipinski definition) is 1. The van der Waals surface area contributed by atoms with Crippen molar-refractivity contribution < 1.29 is 14.7 Å². The predicted octanol–water partition coefficient (Wildman–Crippen LogP) is 6.33. The molecule has 0 radical (unpaired) electrons. The highest BCUT2D eigenvalue weighted by molar-refractivity contribution is 6.46. The van der Waals surface area contributed by atoms with Crippen molar-refractivity contribution in [2.24, 2.45) is 0 Å². The first-order valence-electron chi connectivity index (χ1n) is 11.8. The molecule has 1 atom stereocenters. The minimum Gasteiger partial charge on any atom is -0.507 e. The smallest absolute Gasteiger partial charge is 0.295 e. The fourth-order valence-corrected chi connectivity index (χ4v) is 5.29. The van der Waals surface area contributed by atoms with Gasteiger partial charge in [-0.3, -0.25) is 9.59 Å². The van der Waals surface area contributed by atoms with Crippen LogP contribution in [0.2, 0.25) is 0 Å². The van der Waals surface area contributed by atoms with E-state index in [2.05, 4.69) is 26.0 Å². The standard InChI is InChI=1S/C29H29NO3/c1-18(2)19-11-14-21(15-12-19)26-25(28(32)29(33)30(26)24-9-5-6-10-24)27(31)23-16-13-20-7-3-4-8-22(20)17-23/h3-4,7-8,11-18,24,26,31H,5-6,9-10H2,1-2H3/b27-25-. The van der Waals surface area contributed by atoms with E-state index in [0.29, 0.717) is 11.5 Å². The summed E-state index contributed by atoms with van der Waals surface area (Å²) >= 11 is 0. The van der Waals surface area contributed by atoms with E-state index in [1.165, 1.54) is 5.56 Å². The van der Waals surface area contributed by atoms with Gasteiger partial charge in [-0.2, -0.15) is 0 Å². The molecule has 2 fully saturated rings. The molecule has 0 spiro atoms. The van der Waals surface area contributed by atoms with Gasteiger partial charge in [0.15, 0.2) is 0 Å². The SMILES string of the molecule is CC(C)c1ccc(C2/C(=C(/O)c3ccc4ccccc4c3)C(=O)C(=O)N2C2CCCC2)cc1. The number of amides is 1. The molecular formula is C29H29NO3. The fraction of sp³-hybridized carbons (Fsp3) is 0.310. The monoisotopic (exact) mass is 439 g/mol. The third kappa shape index (κ3) is 3.74. The maximum absolute atomic E-state index is 13.3. The number of Topliss-reactive ketones (excluding diaryl/α,β-unsaturated/α-hetero) is 1. The average molecular weight is 440 g/mol. The van der Waals surface area contributed by atoms with Crippen LogP contribution >= 0.6 is 0 Å². The van der Waals surface area contributed by atoms with Gasteiger partial charge < -0.3 is 10.0 Å². The minimum atomic E-state index is -0.592. The van der Waals surface area contributed by atoms with Crippen LogP contribution in [0.1, 0.15) is 68.2 Å². The second-order valence-corrected chi connectivity index (χ2v) is 9.53. The molecule has 3 aromatic carbocycles. The summed E-state index contributed by atoms with van der Waals surface area (Å²) in [6.07, 6.45) is 3.89. The van der Waals surface area contributed by atoms with Gasteiger partial charge >= 0.3 is 0 Å². The highest BCUT2D eigenvalue weighted by Gasteiger charge is 2.49. The zero-order valence-electron chi connectivity index (χ0n) is 19.1. The molecule has 3 aromatic rings. The lowest BCUT2D eigenvalue weighted by molar-refractivity contribution is -0.141. The first-order valence-corrected chi connectivity index (χ1v) is 11.8. The van der Waals surface area contributed by atoms with Crippen molar-refractivity contribution in [2.75, 3.05) is 0 Å². The Morgan fingerprint density at radius 2 is 1.58 bits per heavy atom. The number of fused-ring (bicyclic) bond motifs is 1. The van der Waals surface area contributed by atoms with E-state index in [1.54, 1.807) is 4.90 Å². The Bertz CT molecular complexity index is 1250. The van der Waals surface area contributed by atoms with Gasteiger partial charge in [-0.05, 0) is 46.7 Å². The highest BCUT2D eigenvalue weighted by atomic mass is 16.3. The molecule has 0 aromatic heterocycles. The molecule has 4 nitrogen and oxygen atoms in total. The quantitative estimate of drug-likeness (QED) is 0.294. The molecule has 4 heteroatoms. The summed E-state index contributed by atoms with van der Waals surface area (Å²) in [5, 5.41) is 13.4. The van der Waals surface area contributed by atoms with Crippen LogP contribution in [-0.2, 0) is 9.59 Å². The summed E-state index contributed by atoms with van der Waals surface area (Å²) in [6, 6.07) is 21.1. The van der Waals surface area contributed by atoms with Gasteiger partial charge in [0.2, 0.25) is 0 Å². The summed E-state index contributed by atoms with van der Waals surface area (Å²) in [6.45, 7) is 4.28. The summed E-state index contributed by atoms with van der Waals surface area (Å²) < 4.78 is 0. The van der Waals surface area contributed by atoms with E-state index in [4.69, 9.17) is 0 Å². The third-order valence-electron chi connectivity index (χ3n) is 7.14. The molecule has 1 N–H and O–H groups in total. The minimum absolute atomic E-state index is 0.0260. The molecule has 2 aliphatic rings. The van der Waals surface area contributed by atoms with Gasteiger partial charge in [-0.25, -0.2) is 0 Å². The van der Waals surface area contributed by atoms with Gasteiger partial charge in [0.25, 0.3) is 11.7 Å². The van der Waals surface area contributed by atoms with Crippen LogP contribution in [0.3, 0.4) is 0 Å². The Morgan fingerprint density at radius 1 is 0.909 bits per heavy atom. The third-order valence-corrected chi connectivity index (χ3v) is 7.14. The number of carbonyl (C=O) groups is 2. The largest absolute Gasteiger partial charge is 0.507 e. The molecule has 1 amide bonds. The zero-order valence-corrected chi connectivity index (χ0v) is 19.1. The molecule has 1 aliphatic carbocycles. The van der Waals surface area contributed by atoms with Crippen LogP contribution in [0.25, 0.3) is 16.5 Å². The number of aliphatic hydroxyl groups is 1. The normalized spacial score (nSPS) is 20.9. The molecule has 1 unspecified atom stereocenters. The Labute approximate surface area is 194 Å². The van der Waals surface area contributed by atoms with Crippen LogP contribution in [0.4, 0.5) is 0 Å². The van der Waals surface area contributed by atoms with Gasteiger partial charge in [0.05, 0.1) is 11.6 Å². The summed E-state index contributed by atoms with van der Waals surface area (Å²) in [5.41, 5.74) is 2.82. The maximum Gasteiger partial charge on any atom is 0.295 e. The first kappa shape index (κ1) is 21.4. The van der Waals surface area contributed by atoms with Gasteiger partial charge in [-0.15, -0.1) is 0 Å². The van der Waals surface area contributed by atoms with Crippen LogP contribution in [-0.4, -0.2) is 27.7 Å². The Balaban J connectivity index is 1.66. The lowest BCUT2D eigenvalue weighted by Crippen LogP contribution is -2.37. The molecule has 168 valence electrons.